The van der Waals surface area contributed by atoms with E-state index < -0.39 is 0 Å². The van der Waals surface area contributed by atoms with Crippen LogP contribution in [-0.4, -0.2) is 30.0 Å². The maximum absolute atomic E-state index is 11.9. The maximum atomic E-state index is 11.9. The molecule has 0 aromatic heterocycles. The largest absolute Gasteiger partial charge is 0.370 e. The standard InChI is InChI=1S/C15H16BrNO2/c1-3-4-14(18)17-9-10-19-15(11(17)2)12-5-7-13(16)8-6-12/h5-8,11,15H,9-10H2,1-2H3/t11-,15+/m1/s1. The fourth-order valence-electron chi connectivity index (χ4n) is 2.28. The lowest BCUT2D eigenvalue weighted by Crippen LogP contribution is -2.48. The van der Waals surface area contributed by atoms with Crippen molar-refractivity contribution in [2.75, 3.05) is 13.2 Å². The highest BCUT2D eigenvalue weighted by Crippen LogP contribution is 2.29. The quantitative estimate of drug-likeness (QED) is 0.744. The number of carbonyl (C=O) groups is 1. The number of ether oxygens (including phenoxy) is 1. The van der Waals surface area contributed by atoms with Crippen molar-refractivity contribution >= 4 is 21.8 Å². The van der Waals surface area contributed by atoms with E-state index in [4.69, 9.17) is 4.74 Å². The van der Waals surface area contributed by atoms with Crippen LogP contribution in [0.15, 0.2) is 28.7 Å². The summed E-state index contributed by atoms with van der Waals surface area (Å²) < 4.78 is 6.85. The second-order valence-corrected chi connectivity index (χ2v) is 5.37. The number of hydrogen-bond donors (Lipinski definition) is 0. The van der Waals surface area contributed by atoms with Gasteiger partial charge >= 0.3 is 0 Å². The number of benzene rings is 1. The zero-order chi connectivity index (χ0) is 13.8. The number of amides is 1. The van der Waals surface area contributed by atoms with E-state index in [-0.39, 0.29) is 18.1 Å². The van der Waals surface area contributed by atoms with Crippen molar-refractivity contribution in [1.82, 2.24) is 4.90 Å². The van der Waals surface area contributed by atoms with Gasteiger partial charge in [0.2, 0.25) is 0 Å². The van der Waals surface area contributed by atoms with Gasteiger partial charge in [0.1, 0.15) is 6.10 Å². The van der Waals surface area contributed by atoms with Gasteiger partial charge < -0.3 is 9.64 Å². The molecular weight excluding hydrogens is 306 g/mol. The molecule has 2 rings (SSSR count). The smallest absolute Gasteiger partial charge is 0.298 e. The van der Waals surface area contributed by atoms with Gasteiger partial charge in [0, 0.05) is 11.0 Å². The molecule has 0 aliphatic carbocycles. The number of hydrogen-bond acceptors (Lipinski definition) is 2. The molecule has 1 aliphatic heterocycles. The summed E-state index contributed by atoms with van der Waals surface area (Å²) in [7, 11) is 0. The molecule has 0 N–H and O–H groups in total. The summed E-state index contributed by atoms with van der Waals surface area (Å²) in [6.45, 7) is 4.82. The summed E-state index contributed by atoms with van der Waals surface area (Å²) in [6, 6.07) is 7.99. The van der Waals surface area contributed by atoms with E-state index in [9.17, 15) is 4.79 Å². The van der Waals surface area contributed by atoms with Crippen molar-refractivity contribution in [2.24, 2.45) is 0 Å². The maximum Gasteiger partial charge on any atom is 0.298 e. The molecule has 1 aromatic carbocycles. The average Bonchev–Trinajstić information content (AvgIpc) is 2.40. The van der Waals surface area contributed by atoms with Gasteiger partial charge in [-0.1, -0.05) is 34.0 Å². The second-order valence-electron chi connectivity index (χ2n) is 4.46. The van der Waals surface area contributed by atoms with Gasteiger partial charge in [-0.2, -0.15) is 0 Å². The van der Waals surface area contributed by atoms with Crippen LogP contribution in [0.5, 0.6) is 0 Å². The van der Waals surface area contributed by atoms with E-state index >= 15 is 0 Å². The first-order chi connectivity index (χ1) is 9.13. The first-order valence-electron chi connectivity index (χ1n) is 6.24. The Morgan fingerprint density at radius 2 is 2.11 bits per heavy atom. The first kappa shape index (κ1) is 14.1. The molecular formula is C15H16BrNO2. The van der Waals surface area contributed by atoms with Gasteiger partial charge in [0.25, 0.3) is 5.91 Å². The van der Waals surface area contributed by atoms with Gasteiger partial charge in [-0.3, -0.25) is 4.79 Å². The summed E-state index contributed by atoms with van der Waals surface area (Å²) in [5, 5.41) is 0. The van der Waals surface area contributed by atoms with Gasteiger partial charge in [-0.15, -0.1) is 0 Å². The van der Waals surface area contributed by atoms with E-state index in [0.29, 0.717) is 13.2 Å². The van der Waals surface area contributed by atoms with E-state index in [2.05, 4.69) is 27.8 Å². The number of morpholine rings is 1. The Labute approximate surface area is 122 Å². The Kier molecular flexibility index (Phi) is 4.62. The third-order valence-electron chi connectivity index (χ3n) is 3.25. The fraction of sp³-hybridized carbons (Fsp3) is 0.400. The Hall–Kier alpha value is -1.31. The normalized spacial score (nSPS) is 22.6. The zero-order valence-electron chi connectivity index (χ0n) is 11.0. The highest BCUT2D eigenvalue weighted by molar-refractivity contribution is 9.10. The van der Waals surface area contributed by atoms with Crippen LogP contribution < -0.4 is 0 Å². The van der Waals surface area contributed by atoms with Crippen molar-refractivity contribution in [3.63, 3.8) is 0 Å². The number of carbonyl (C=O) groups excluding carboxylic acids is 1. The van der Waals surface area contributed by atoms with Gasteiger partial charge in [-0.25, -0.2) is 0 Å². The van der Waals surface area contributed by atoms with Crippen molar-refractivity contribution in [1.29, 1.82) is 0 Å². The molecule has 0 saturated carbocycles. The molecule has 0 spiro atoms. The molecule has 2 atom stereocenters. The predicted molar refractivity (Wildman–Crippen MR) is 77.5 cm³/mol. The molecule has 1 fully saturated rings. The lowest BCUT2D eigenvalue weighted by atomic mass is 10.0. The molecule has 1 saturated heterocycles. The fourth-order valence-corrected chi connectivity index (χ4v) is 2.54. The molecule has 3 nitrogen and oxygen atoms in total. The molecule has 0 unspecified atom stereocenters. The minimum Gasteiger partial charge on any atom is -0.370 e. The highest BCUT2D eigenvalue weighted by Gasteiger charge is 2.32. The van der Waals surface area contributed by atoms with Crippen LogP contribution in [-0.2, 0) is 9.53 Å². The third kappa shape index (κ3) is 3.17. The summed E-state index contributed by atoms with van der Waals surface area (Å²) >= 11 is 3.42. The minimum absolute atomic E-state index is 0.0109. The van der Waals surface area contributed by atoms with Crippen molar-refractivity contribution in [3.8, 4) is 11.8 Å². The molecule has 0 radical (unpaired) electrons. The highest BCUT2D eigenvalue weighted by atomic mass is 79.9. The van der Waals surface area contributed by atoms with E-state index in [0.717, 1.165) is 10.0 Å². The SMILES string of the molecule is CC#CC(=O)N1CCO[C@H](c2ccc(Br)cc2)[C@H]1C. The van der Waals surface area contributed by atoms with Crippen LogP contribution in [0.1, 0.15) is 25.5 Å². The zero-order valence-corrected chi connectivity index (χ0v) is 12.6. The van der Waals surface area contributed by atoms with Crippen molar-refractivity contribution in [3.05, 3.63) is 34.3 Å². The van der Waals surface area contributed by atoms with Crippen LogP contribution in [0.3, 0.4) is 0 Å². The third-order valence-corrected chi connectivity index (χ3v) is 3.78. The lowest BCUT2D eigenvalue weighted by molar-refractivity contribution is -0.139. The molecule has 19 heavy (non-hydrogen) atoms. The van der Waals surface area contributed by atoms with E-state index in [1.165, 1.54) is 0 Å². The summed E-state index contributed by atoms with van der Waals surface area (Å²) in [5.74, 6) is 5.14. The molecule has 1 heterocycles. The number of halogens is 1. The Bertz CT molecular complexity index is 515. The van der Waals surface area contributed by atoms with Crippen molar-refractivity contribution in [2.45, 2.75) is 26.0 Å². The summed E-state index contributed by atoms with van der Waals surface area (Å²) in [6.07, 6.45) is -0.0931. The van der Waals surface area contributed by atoms with Gasteiger partial charge in [0.15, 0.2) is 0 Å². The number of rotatable bonds is 1. The molecule has 1 aromatic rings. The molecule has 1 aliphatic rings. The van der Waals surface area contributed by atoms with Gasteiger partial charge in [0.05, 0.1) is 12.6 Å². The summed E-state index contributed by atoms with van der Waals surface area (Å²) in [5.41, 5.74) is 1.08. The topological polar surface area (TPSA) is 29.5 Å². The Morgan fingerprint density at radius 1 is 1.42 bits per heavy atom. The second kappa shape index (κ2) is 6.23. The minimum atomic E-state index is -0.125. The van der Waals surface area contributed by atoms with Crippen LogP contribution in [0.2, 0.25) is 0 Å². The predicted octanol–water partition coefficient (Wildman–Crippen LogP) is 2.76. The summed E-state index contributed by atoms with van der Waals surface area (Å²) in [4.78, 5) is 13.7. The molecule has 100 valence electrons. The van der Waals surface area contributed by atoms with E-state index in [1.807, 2.05) is 31.2 Å². The van der Waals surface area contributed by atoms with Crippen LogP contribution >= 0.6 is 15.9 Å². The Balaban J connectivity index is 2.19. The van der Waals surface area contributed by atoms with E-state index in [1.54, 1.807) is 11.8 Å². The number of nitrogens with zero attached hydrogens (tertiary/aromatic N) is 1. The van der Waals surface area contributed by atoms with Crippen molar-refractivity contribution < 1.29 is 9.53 Å². The molecule has 4 heteroatoms. The lowest BCUT2D eigenvalue weighted by Gasteiger charge is -2.38. The van der Waals surface area contributed by atoms with Crippen LogP contribution in [0.25, 0.3) is 0 Å². The average molecular weight is 322 g/mol. The first-order valence-corrected chi connectivity index (χ1v) is 7.03. The van der Waals surface area contributed by atoms with Gasteiger partial charge in [-0.05, 0) is 37.5 Å². The Morgan fingerprint density at radius 3 is 2.74 bits per heavy atom. The monoisotopic (exact) mass is 321 g/mol. The van der Waals surface area contributed by atoms with Crippen LogP contribution in [0, 0.1) is 11.8 Å². The van der Waals surface area contributed by atoms with Crippen LogP contribution in [0.4, 0.5) is 0 Å². The molecule has 1 amide bonds. The molecule has 0 bridgehead atoms.